The van der Waals surface area contributed by atoms with Crippen LogP contribution < -0.4 is 4.90 Å². The summed E-state index contributed by atoms with van der Waals surface area (Å²) in [5.74, 6) is -0.879. The van der Waals surface area contributed by atoms with Gasteiger partial charge in [-0.2, -0.15) is 10.5 Å². The number of para-hydroxylation sites is 2. The Bertz CT molecular complexity index is 3080. The highest BCUT2D eigenvalue weighted by Gasteiger charge is 2.40. The summed E-state index contributed by atoms with van der Waals surface area (Å²) in [4.78, 5) is 39.9. The normalized spacial score (nSPS) is 12.1. The molecule has 1 aliphatic rings. The van der Waals surface area contributed by atoms with Gasteiger partial charge in [0, 0.05) is 57.8 Å². The van der Waals surface area contributed by atoms with Gasteiger partial charge < -0.3 is 4.57 Å². The van der Waals surface area contributed by atoms with Crippen molar-refractivity contribution in [1.29, 1.82) is 10.5 Å². The SMILES string of the molecule is N#Cc1cncc(-c2cccc3c4cccc(-c5cncc(C#N)c5)c4n(-c4cccc5c4C(=O)N(c4cc(-c6ccccc6)cc(-c6ccccc6)c4)C5=O)c23)c1. The quantitative estimate of drug-likeness (QED) is 0.157. The zero-order valence-electron chi connectivity index (χ0n) is 30.7. The highest BCUT2D eigenvalue weighted by atomic mass is 16.2. The van der Waals surface area contributed by atoms with Crippen LogP contribution in [0.25, 0.3) is 72.0 Å². The zero-order valence-corrected chi connectivity index (χ0v) is 30.7. The van der Waals surface area contributed by atoms with Crippen LogP contribution in [0.5, 0.6) is 0 Å². The lowest BCUT2D eigenvalue weighted by Crippen LogP contribution is -2.29. The van der Waals surface area contributed by atoms with Crippen molar-refractivity contribution in [1.82, 2.24) is 14.5 Å². The van der Waals surface area contributed by atoms with Crippen molar-refractivity contribution in [2.75, 3.05) is 4.90 Å². The molecule has 8 nitrogen and oxygen atoms in total. The summed E-state index contributed by atoms with van der Waals surface area (Å²) in [7, 11) is 0. The third-order valence-electron chi connectivity index (χ3n) is 10.7. The second-order valence-electron chi connectivity index (χ2n) is 14.0. The van der Waals surface area contributed by atoms with Gasteiger partial charge in [0.05, 0.1) is 44.7 Å². The van der Waals surface area contributed by atoms with Crippen molar-refractivity contribution in [2.45, 2.75) is 0 Å². The molecule has 0 fully saturated rings. The summed E-state index contributed by atoms with van der Waals surface area (Å²) in [6.07, 6.45) is 6.47. The van der Waals surface area contributed by atoms with E-state index in [2.05, 4.69) is 28.2 Å². The molecule has 3 aromatic heterocycles. The van der Waals surface area contributed by atoms with Crippen LogP contribution in [0.1, 0.15) is 31.8 Å². The van der Waals surface area contributed by atoms with Crippen LogP contribution in [0.4, 0.5) is 5.69 Å². The van der Waals surface area contributed by atoms with Crippen LogP contribution in [0.3, 0.4) is 0 Å². The Balaban J connectivity index is 1.25. The monoisotopic (exact) mass is 744 g/mol. The largest absolute Gasteiger partial charge is 0.307 e. The number of imide groups is 1. The Morgan fingerprint density at radius 1 is 0.448 bits per heavy atom. The molecule has 4 heterocycles. The van der Waals surface area contributed by atoms with Crippen molar-refractivity contribution in [3.8, 4) is 62.3 Å². The molecule has 0 radical (unpaired) electrons. The highest BCUT2D eigenvalue weighted by Crippen LogP contribution is 2.44. The molecule has 9 aromatic rings. The van der Waals surface area contributed by atoms with Gasteiger partial charge in [0.15, 0.2) is 0 Å². The minimum absolute atomic E-state index is 0.259. The number of nitriles is 2. The average molecular weight is 745 g/mol. The third kappa shape index (κ3) is 5.44. The maximum absolute atomic E-state index is 15.2. The van der Waals surface area contributed by atoms with E-state index in [9.17, 15) is 15.3 Å². The predicted octanol–water partition coefficient (Wildman–Crippen LogP) is 10.8. The molecular formula is C50H28N6O2. The number of amides is 2. The molecule has 58 heavy (non-hydrogen) atoms. The molecule has 1 aliphatic heterocycles. The van der Waals surface area contributed by atoms with Gasteiger partial charge in [-0.3, -0.25) is 19.6 Å². The van der Waals surface area contributed by atoms with Crippen LogP contribution in [0.2, 0.25) is 0 Å². The van der Waals surface area contributed by atoms with E-state index < -0.39 is 11.8 Å². The molecule has 0 N–H and O–H groups in total. The van der Waals surface area contributed by atoms with Crippen molar-refractivity contribution in [3.05, 3.63) is 193 Å². The number of carbonyl (C=O) groups excluding carboxylic acids is 2. The fourth-order valence-electron chi connectivity index (χ4n) is 8.14. The molecule has 6 aromatic carbocycles. The number of hydrogen-bond acceptors (Lipinski definition) is 6. The summed E-state index contributed by atoms with van der Waals surface area (Å²) in [5, 5.41) is 21.4. The Hall–Kier alpha value is -8.46. The number of pyridine rings is 2. The lowest BCUT2D eigenvalue weighted by atomic mass is 9.97. The minimum atomic E-state index is -0.453. The number of rotatable bonds is 6. The van der Waals surface area contributed by atoms with Crippen LogP contribution in [0, 0.1) is 22.7 Å². The highest BCUT2D eigenvalue weighted by molar-refractivity contribution is 6.36. The number of fused-ring (bicyclic) bond motifs is 4. The van der Waals surface area contributed by atoms with E-state index in [-0.39, 0.29) is 11.1 Å². The average Bonchev–Trinajstić information content (AvgIpc) is 3.77. The standard InChI is InChI=1S/C50H28N6O2/c51-25-31-20-37(29-53-27-31)40-14-7-16-42-43-17-8-15-41(38-21-32(26-52)28-54-30-38)48(43)56(47(40)42)45-19-9-18-44-46(45)50(58)55(49(44)57)39-23-35(33-10-3-1-4-11-33)22-36(24-39)34-12-5-2-6-13-34/h1-24,27-30H. The molecule has 2 amide bonds. The van der Waals surface area contributed by atoms with Crippen LogP contribution in [-0.4, -0.2) is 26.3 Å². The van der Waals surface area contributed by atoms with Crippen LogP contribution in [-0.2, 0) is 0 Å². The number of carbonyl (C=O) groups is 2. The van der Waals surface area contributed by atoms with E-state index in [0.29, 0.717) is 33.6 Å². The van der Waals surface area contributed by atoms with Crippen molar-refractivity contribution in [2.24, 2.45) is 0 Å². The first-order chi connectivity index (χ1) is 28.5. The molecule has 10 rings (SSSR count). The topological polar surface area (TPSA) is 116 Å². The summed E-state index contributed by atoms with van der Waals surface area (Å²) >= 11 is 0. The zero-order chi connectivity index (χ0) is 39.3. The fourth-order valence-corrected chi connectivity index (χ4v) is 8.14. The van der Waals surface area contributed by atoms with Gasteiger partial charge in [0.2, 0.25) is 0 Å². The number of nitrogens with zero attached hydrogens (tertiary/aromatic N) is 6. The number of anilines is 1. The first kappa shape index (κ1) is 34.1. The molecule has 0 atom stereocenters. The van der Waals surface area contributed by atoms with Gasteiger partial charge in [-0.15, -0.1) is 0 Å². The van der Waals surface area contributed by atoms with E-state index >= 15 is 4.79 Å². The van der Waals surface area contributed by atoms with Crippen LogP contribution >= 0.6 is 0 Å². The number of aromatic nitrogens is 3. The van der Waals surface area contributed by atoms with Crippen molar-refractivity contribution < 1.29 is 9.59 Å². The molecule has 270 valence electrons. The van der Waals surface area contributed by atoms with Gasteiger partial charge >= 0.3 is 0 Å². The molecule has 0 spiro atoms. The van der Waals surface area contributed by atoms with E-state index in [1.54, 1.807) is 36.7 Å². The number of benzene rings is 6. The predicted molar refractivity (Wildman–Crippen MR) is 225 cm³/mol. The first-order valence-electron chi connectivity index (χ1n) is 18.6. The first-order valence-corrected chi connectivity index (χ1v) is 18.6. The fraction of sp³-hybridized carbons (Fsp3) is 0. The maximum atomic E-state index is 15.2. The summed E-state index contributed by atoms with van der Waals surface area (Å²) in [6, 6.07) is 50.9. The van der Waals surface area contributed by atoms with E-state index in [4.69, 9.17) is 0 Å². The van der Waals surface area contributed by atoms with Gasteiger partial charge in [-0.05, 0) is 64.7 Å². The molecule has 0 bridgehead atoms. The van der Waals surface area contributed by atoms with Gasteiger partial charge in [0.25, 0.3) is 11.8 Å². The molecule has 0 unspecified atom stereocenters. The Morgan fingerprint density at radius 2 is 0.948 bits per heavy atom. The van der Waals surface area contributed by atoms with Crippen molar-refractivity contribution in [3.63, 3.8) is 0 Å². The second kappa shape index (κ2) is 13.7. The van der Waals surface area contributed by atoms with E-state index in [1.165, 1.54) is 17.3 Å². The van der Waals surface area contributed by atoms with Crippen LogP contribution in [0.15, 0.2) is 170 Å². The van der Waals surface area contributed by atoms with Gasteiger partial charge in [-0.1, -0.05) is 103 Å². The molecular weight excluding hydrogens is 717 g/mol. The lowest BCUT2D eigenvalue weighted by Gasteiger charge is -2.18. The van der Waals surface area contributed by atoms with Crippen molar-refractivity contribution >= 4 is 39.3 Å². The van der Waals surface area contributed by atoms with Gasteiger partial charge in [-0.25, -0.2) is 4.90 Å². The summed E-state index contributed by atoms with van der Waals surface area (Å²) < 4.78 is 2.04. The third-order valence-corrected chi connectivity index (χ3v) is 10.7. The van der Waals surface area contributed by atoms with Gasteiger partial charge in [0.1, 0.15) is 12.1 Å². The number of hydrogen-bond donors (Lipinski definition) is 0. The molecule has 0 saturated carbocycles. The Kier molecular flexibility index (Phi) is 8.04. The molecule has 0 saturated heterocycles. The Morgan fingerprint density at radius 3 is 1.47 bits per heavy atom. The van der Waals surface area contributed by atoms with E-state index in [0.717, 1.165) is 55.2 Å². The minimum Gasteiger partial charge on any atom is -0.307 e. The smallest absolute Gasteiger partial charge is 0.268 e. The lowest BCUT2D eigenvalue weighted by molar-refractivity contribution is 0.0926. The molecule has 0 aliphatic carbocycles. The summed E-state index contributed by atoms with van der Waals surface area (Å²) in [5.41, 5.74) is 10.5. The second-order valence-corrected chi connectivity index (χ2v) is 14.0. The van der Waals surface area contributed by atoms with E-state index in [1.807, 2.05) is 120 Å². The maximum Gasteiger partial charge on any atom is 0.268 e. The molecule has 8 heteroatoms. The summed E-state index contributed by atoms with van der Waals surface area (Å²) in [6.45, 7) is 0. The Labute approximate surface area is 332 Å².